The van der Waals surface area contributed by atoms with Gasteiger partial charge in [0.2, 0.25) is 0 Å². The Bertz CT molecular complexity index is 206. The number of hydrogen-bond donors (Lipinski definition) is 1. The number of rotatable bonds is 3. The lowest BCUT2D eigenvalue weighted by molar-refractivity contribution is -0.136. The highest BCUT2D eigenvalue weighted by Crippen LogP contribution is 2.05. The summed E-state index contributed by atoms with van der Waals surface area (Å²) in [5.74, 6) is -0.729. The van der Waals surface area contributed by atoms with Crippen LogP contribution in [-0.4, -0.2) is 25.4 Å². The molecule has 0 aromatic rings. The first-order chi connectivity index (χ1) is 5.54. The van der Waals surface area contributed by atoms with Crippen molar-refractivity contribution in [1.82, 2.24) is 0 Å². The van der Waals surface area contributed by atoms with E-state index >= 15 is 0 Å². The molecule has 0 saturated carbocycles. The maximum Gasteiger partial charge on any atom is 0.333 e. The SMILES string of the molecule is COC(=O)C(C)=C(C)C(=O)CN. The second-order valence-electron chi connectivity index (χ2n) is 2.37. The molecule has 12 heavy (non-hydrogen) atoms. The van der Waals surface area contributed by atoms with Crippen molar-refractivity contribution in [2.75, 3.05) is 13.7 Å². The van der Waals surface area contributed by atoms with Crippen LogP contribution in [0.3, 0.4) is 0 Å². The molecule has 0 spiro atoms. The Morgan fingerprint density at radius 2 is 1.75 bits per heavy atom. The van der Waals surface area contributed by atoms with Crippen molar-refractivity contribution >= 4 is 11.8 Å². The van der Waals surface area contributed by atoms with Gasteiger partial charge in [-0.3, -0.25) is 4.79 Å². The van der Waals surface area contributed by atoms with Crippen LogP contribution in [0.2, 0.25) is 0 Å². The van der Waals surface area contributed by atoms with Crippen molar-refractivity contribution < 1.29 is 14.3 Å². The molecule has 0 fully saturated rings. The van der Waals surface area contributed by atoms with E-state index in [0.29, 0.717) is 11.1 Å². The van der Waals surface area contributed by atoms with Gasteiger partial charge in [-0.1, -0.05) is 0 Å². The van der Waals surface area contributed by atoms with E-state index in [-0.39, 0.29) is 12.3 Å². The average molecular weight is 171 g/mol. The normalized spacial score (nSPS) is 12.0. The van der Waals surface area contributed by atoms with Crippen molar-refractivity contribution in [3.63, 3.8) is 0 Å². The molecule has 0 aromatic heterocycles. The summed E-state index contributed by atoms with van der Waals surface area (Å²) in [5, 5.41) is 0. The standard InChI is InChI=1S/C8H13NO3/c1-5(7(10)4-9)6(2)8(11)12-3/h4,9H2,1-3H3. The highest BCUT2D eigenvalue weighted by molar-refractivity contribution is 6.03. The predicted octanol–water partition coefficient (Wildman–Crippen LogP) is 0.0236. The van der Waals surface area contributed by atoms with Crippen molar-refractivity contribution in [3.05, 3.63) is 11.1 Å². The van der Waals surface area contributed by atoms with Gasteiger partial charge in [-0.15, -0.1) is 0 Å². The number of ether oxygens (including phenoxy) is 1. The highest BCUT2D eigenvalue weighted by atomic mass is 16.5. The zero-order valence-corrected chi connectivity index (χ0v) is 7.51. The quantitative estimate of drug-likeness (QED) is 0.480. The van der Waals surface area contributed by atoms with Crippen LogP contribution in [0.4, 0.5) is 0 Å². The molecule has 0 aliphatic rings. The van der Waals surface area contributed by atoms with Crippen LogP contribution in [0.5, 0.6) is 0 Å². The van der Waals surface area contributed by atoms with E-state index in [1.165, 1.54) is 14.0 Å². The molecule has 0 bridgehead atoms. The van der Waals surface area contributed by atoms with Gasteiger partial charge in [0.25, 0.3) is 0 Å². The smallest absolute Gasteiger partial charge is 0.333 e. The Balaban J connectivity index is 4.68. The number of carbonyl (C=O) groups excluding carboxylic acids is 2. The van der Waals surface area contributed by atoms with Gasteiger partial charge in [0.1, 0.15) is 0 Å². The number of ketones is 1. The molecule has 0 amide bonds. The third kappa shape index (κ3) is 2.47. The van der Waals surface area contributed by atoms with Crippen molar-refractivity contribution in [2.24, 2.45) is 5.73 Å². The lowest BCUT2D eigenvalue weighted by Gasteiger charge is -2.02. The molecule has 4 heteroatoms. The Labute approximate surface area is 71.4 Å². The Hall–Kier alpha value is -1.16. The number of methoxy groups -OCH3 is 1. The summed E-state index contributed by atoms with van der Waals surface area (Å²) < 4.78 is 4.44. The predicted molar refractivity (Wildman–Crippen MR) is 44.5 cm³/mol. The third-order valence-corrected chi connectivity index (χ3v) is 1.66. The minimum Gasteiger partial charge on any atom is -0.466 e. The highest BCUT2D eigenvalue weighted by Gasteiger charge is 2.11. The van der Waals surface area contributed by atoms with Gasteiger partial charge in [-0.2, -0.15) is 0 Å². The number of Topliss-reactive ketones (excluding diaryl/α,β-unsaturated/α-hetero) is 1. The van der Waals surface area contributed by atoms with Crippen molar-refractivity contribution in [3.8, 4) is 0 Å². The molecule has 4 nitrogen and oxygen atoms in total. The van der Waals surface area contributed by atoms with E-state index in [2.05, 4.69) is 4.74 Å². The molecule has 0 aliphatic heterocycles. The van der Waals surface area contributed by atoms with Gasteiger partial charge < -0.3 is 10.5 Å². The van der Waals surface area contributed by atoms with E-state index in [0.717, 1.165) is 0 Å². The summed E-state index contributed by atoms with van der Waals surface area (Å²) in [6.07, 6.45) is 0. The number of hydrogen-bond acceptors (Lipinski definition) is 4. The van der Waals surface area contributed by atoms with Gasteiger partial charge in [0.05, 0.1) is 13.7 Å². The summed E-state index contributed by atoms with van der Waals surface area (Å²) in [6, 6.07) is 0. The van der Waals surface area contributed by atoms with E-state index in [1.807, 2.05) is 0 Å². The van der Waals surface area contributed by atoms with E-state index in [1.54, 1.807) is 6.92 Å². The maximum atomic E-state index is 11.0. The summed E-state index contributed by atoms with van der Waals surface area (Å²) in [6.45, 7) is 3.01. The minimum atomic E-state index is -0.491. The average Bonchev–Trinajstić information content (AvgIpc) is 2.12. The van der Waals surface area contributed by atoms with Gasteiger partial charge >= 0.3 is 5.97 Å². The zero-order chi connectivity index (χ0) is 9.72. The molecular weight excluding hydrogens is 158 g/mol. The molecule has 0 aliphatic carbocycles. The van der Waals surface area contributed by atoms with E-state index < -0.39 is 5.97 Å². The van der Waals surface area contributed by atoms with Crippen LogP contribution in [-0.2, 0) is 14.3 Å². The summed E-state index contributed by atoms with van der Waals surface area (Å²) in [4.78, 5) is 21.9. The second kappa shape index (κ2) is 4.66. The third-order valence-electron chi connectivity index (χ3n) is 1.66. The van der Waals surface area contributed by atoms with E-state index in [4.69, 9.17) is 5.73 Å². The van der Waals surface area contributed by atoms with Gasteiger partial charge in [0, 0.05) is 11.1 Å². The fourth-order valence-corrected chi connectivity index (χ4v) is 0.668. The first-order valence-electron chi connectivity index (χ1n) is 3.53. The summed E-state index contributed by atoms with van der Waals surface area (Å²) in [5.41, 5.74) is 5.79. The molecule has 2 N–H and O–H groups in total. The Morgan fingerprint density at radius 3 is 2.08 bits per heavy atom. The van der Waals surface area contributed by atoms with Crippen molar-refractivity contribution in [2.45, 2.75) is 13.8 Å². The number of esters is 1. The Morgan fingerprint density at radius 1 is 1.25 bits per heavy atom. The lowest BCUT2D eigenvalue weighted by Crippen LogP contribution is -2.17. The molecule has 0 unspecified atom stereocenters. The number of nitrogens with two attached hydrogens (primary N) is 1. The summed E-state index contributed by atoms with van der Waals surface area (Å²) >= 11 is 0. The van der Waals surface area contributed by atoms with Crippen LogP contribution in [0, 0.1) is 0 Å². The molecular formula is C8H13NO3. The maximum absolute atomic E-state index is 11.0. The molecule has 0 saturated heterocycles. The van der Waals surface area contributed by atoms with Gasteiger partial charge in [0.15, 0.2) is 5.78 Å². The molecule has 0 atom stereocenters. The van der Waals surface area contributed by atoms with Crippen molar-refractivity contribution in [1.29, 1.82) is 0 Å². The van der Waals surface area contributed by atoms with Crippen LogP contribution >= 0.6 is 0 Å². The minimum absolute atomic E-state index is 0.0832. The van der Waals surface area contributed by atoms with Crippen LogP contribution < -0.4 is 5.73 Å². The lowest BCUT2D eigenvalue weighted by atomic mass is 10.1. The largest absolute Gasteiger partial charge is 0.466 e. The van der Waals surface area contributed by atoms with Crippen LogP contribution in [0.15, 0.2) is 11.1 Å². The zero-order valence-electron chi connectivity index (χ0n) is 7.51. The van der Waals surface area contributed by atoms with Crippen LogP contribution in [0.25, 0.3) is 0 Å². The fourth-order valence-electron chi connectivity index (χ4n) is 0.668. The molecule has 0 rings (SSSR count). The van der Waals surface area contributed by atoms with Crippen LogP contribution in [0.1, 0.15) is 13.8 Å². The monoisotopic (exact) mass is 171 g/mol. The first-order valence-corrected chi connectivity index (χ1v) is 3.53. The van der Waals surface area contributed by atoms with Gasteiger partial charge in [-0.05, 0) is 13.8 Å². The fraction of sp³-hybridized carbons (Fsp3) is 0.500. The number of carbonyl (C=O) groups is 2. The molecule has 68 valence electrons. The molecule has 0 radical (unpaired) electrons. The molecule has 0 heterocycles. The first kappa shape index (κ1) is 10.8. The Kier molecular flexibility index (Phi) is 4.21. The van der Waals surface area contributed by atoms with E-state index in [9.17, 15) is 9.59 Å². The topological polar surface area (TPSA) is 69.4 Å². The van der Waals surface area contributed by atoms with Gasteiger partial charge in [-0.25, -0.2) is 4.79 Å². The summed E-state index contributed by atoms with van der Waals surface area (Å²) in [7, 11) is 1.27. The molecule has 0 aromatic carbocycles. The second-order valence-corrected chi connectivity index (χ2v) is 2.37.